The molecule has 134 valence electrons. The van der Waals surface area contributed by atoms with Crippen LogP contribution in [-0.2, 0) is 4.79 Å². The zero-order valence-corrected chi connectivity index (χ0v) is 15.5. The van der Waals surface area contributed by atoms with Crippen molar-refractivity contribution < 1.29 is 19.3 Å². The maximum atomic E-state index is 12.4. The Kier molecular flexibility index (Phi) is 4.52. The number of rotatable bonds is 3. The second kappa shape index (κ2) is 6.83. The van der Waals surface area contributed by atoms with Gasteiger partial charge in [0.25, 0.3) is 11.7 Å². The van der Waals surface area contributed by atoms with Crippen molar-refractivity contribution in [1.82, 2.24) is 4.90 Å². The van der Waals surface area contributed by atoms with Gasteiger partial charge >= 0.3 is 5.91 Å². The highest BCUT2D eigenvalue weighted by Crippen LogP contribution is 2.30. The van der Waals surface area contributed by atoms with E-state index in [4.69, 9.17) is 11.6 Å². The number of Topliss-reactive ketones (excluding diaryl/α,β-unsaturated/α-hetero) is 1. The Bertz CT molecular complexity index is 876. The van der Waals surface area contributed by atoms with Crippen molar-refractivity contribution in [2.24, 2.45) is 0 Å². The molecule has 0 unspecified atom stereocenters. The van der Waals surface area contributed by atoms with Crippen LogP contribution in [0.1, 0.15) is 20.0 Å². The lowest BCUT2D eigenvalue weighted by atomic mass is 10.1. The average Bonchev–Trinajstić information content (AvgIpc) is 3.26. The van der Waals surface area contributed by atoms with E-state index in [1.807, 2.05) is 22.4 Å². The molecule has 0 spiro atoms. The molecular formula is C18H17ClN3O3S+. The van der Waals surface area contributed by atoms with E-state index in [2.05, 4.69) is 0 Å². The first-order valence-corrected chi connectivity index (χ1v) is 9.62. The third-order valence-corrected chi connectivity index (χ3v) is 5.90. The molecule has 2 aliphatic rings. The number of amides is 2. The summed E-state index contributed by atoms with van der Waals surface area (Å²) in [5, 5.41) is 2.34. The Morgan fingerprint density at radius 3 is 2.65 bits per heavy atom. The molecule has 26 heavy (non-hydrogen) atoms. The van der Waals surface area contributed by atoms with E-state index in [0.29, 0.717) is 36.0 Å². The summed E-state index contributed by atoms with van der Waals surface area (Å²) in [6, 6.07) is 8.66. The lowest BCUT2D eigenvalue weighted by molar-refractivity contribution is -0.902. The Hall–Kier alpha value is -2.22. The van der Waals surface area contributed by atoms with Gasteiger partial charge in [0.1, 0.15) is 0 Å². The number of carbonyl (C=O) groups is 3. The van der Waals surface area contributed by atoms with Crippen molar-refractivity contribution in [3.8, 4) is 0 Å². The lowest BCUT2D eigenvalue weighted by Crippen LogP contribution is -3.16. The van der Waals surface area contributed by atoms with Crippen molar-refractivity contribution in [2.45, 2.75) is 0 Å². The minimum Gasteiger partial charge on any atom is -0.327 e. The van der Waals surface area contributed by atoms with E-state index in [0.717, 1.165) is 18.0 Å². The van der Waals surface area contributed by atoms with Gasteiger partial charge in [0.15, 0.2) is 6.67 Å². The predicted molar refractivity (Wildman–Crippen MR) is 99.1 cm³/mol. The quantitative estimate of drug-likeness (QED) is 0.793. The molecule has 0 radical (unpaired) electrons. The van der Waals surface area contributed by atoms with Crippen molar-refractivity contribution in [2.75, 3.05) is 37.7 Å². The fraction of sp³-hybridized carbons (Fsp3) is 0.278. The Morgan fingerprint density at radius 2 is 1.96 bits per heavy atom. The van der Waals surface area contributed by atoms with Gasteiger partial charge in [-0.3, -0.25) is 19.3 Å². The van der Waals surface area contributed by atoms with E-state index in [9.17, 15) is 14.4 Å². The molecule has 6 nitrogen and oxygen atoms in total. The zero-order chi connectivity index (χ0) is 18.3. The molecule has 2 aliphatic heterocycles. The maximum Gasteiger partial charge on any atom is 0.303 e. The van der Waals surface area contributed by atoms with E-state index in [-0.39, 0.29) is 5.91 Å². The zero-order valence-electron chi connectivity index (χ0n) is 13.9. The number of ketones is 1. The number of halogens is 1. The molecule has 1 N–H and O–H groups in total. The summed E-state index contributed by atoms with van der Waals surface area (Å²) in [4.78, 5) is 42.2. The molecule has 3 heterocycles. The molecule has 1 fully saturated rings. The highest BCUT2D eigenvalue weighted by atomic mass is 35.5. The Morgan fingerprint density at radius 1 is 1.19 bits per heavy atom. The van der Waals surface area contributed by atoms with Gasteiger partial charge in [0.05, 0.1) is 42.3 Å². The second-order valence-corrected chi connectivity index (χ2v) is 7.79. The van der Waals surface area contributed by atoms with Gasteiger partial charge in [-0.1, -0.05) is 17.7 Å². The number of fused-ring (bicyclic) bond motifs is 1. The topological polar surface area (TPSA) is 62.1 Å². The molecule has 1 saturated heterocycles. The molecule has 8 heteroatoms. The van der Waals surface area contributed by atoms with Gasteiger partial charge in [-0.05, 0) is 29.6 Å². The average molecular weight is 391 g/mol. The number of nitrogens with zero attached hydrogens (tertiary/aromatic N) is 2. The summed E-state index contributed by atoms with van der Waals surface area (Å²) in [6.45, 7) is 3.15. The largest absolute Gasteiger partial charge is 0.327 e. The molecule has 0 atom stereocenters. The summed E-state index contributed by atoms with van der Waals surface area (Å²) < 4.78 is 0. The van der Waals surface area contributed by atoms with Crippen LogP contribution in [0.2, 0.25) is 5.02 Å². The summed E-state index contributed by atoms with van der Waals surface area (Å²) in [5.41, 5.74) is 0.988. The number of hydrogen-bond acceptors (Lipinski definition) is 4. The summed E-state index contributed by atoms with van der Waals surface area (Å²) in [6.07, 6.45) is 0. The van der Waals surface area contributed by atoms with Crippen molar-refractivity contribution in [1.29, 1.82) is 0 Å². The molecular weight excluding hydrogens is 374 g/mol. The number of hydrogen-bond donors (Lipinski definition) is 1. The first kappa shape index (κ1) is 17.2. The van der Waals surface area contributed by atoms with Crippen molar-refractivity contribution in [3.63, 3.8) is 0 Å². The standard InChI is InChI=1S/C18H16ClN3O3S/c19-12-3-4-14-13(10-12)16(23)18(25)22(14)11-20-5-7-21(8-6-20)17(24)15-2-1-9-26-15/h1-4,9-10H,5-8,11H2/p+1. The van der Waals surface area contributed by atoms with Gasteiger partial charge < -0.3 is 9.80 Å². The number of carbonyl (C=O) groups excluding carboxylic acids is 3. The summed E-state index contributed by atoms with van der Waals surface area (Å²) in [7, 11) is 0. The molecule has 2 amide bonds. The highest BCUT2D eigenvalue weighted by Gasteiger charge is 2.38. The van der Waals surface area contributed by atoms with Crippen LogP contribution in [-0.4, -0.2) is 55.3 Å². The number of quaternary nitrogens is 1. The van der Waals surface area contributed by atoms with Crippen LogP contribution in [0, 0.1) is 0 Å². The molecule has 1 aromatic heterocycles. The van der Waals surface area contributed by atoms with Gasteiger partial charge in [-0.2, -0.15) is 0 Å². The van der Waals surface area contributed by atoms with Gasteiger partial charge in [0, 0.05) is 5.02 Å². The predicted octanol–water partition coefficient (Wildman–Crippen LogP) is 0.929. The lowest BCUT2D eigenvalue weighted by Gasteiger charge is -2.33. The van der Waals surface area contributed by atoms with E-state index >= 15 is 0 Å². The fourth-order valence-corrected chi connectivity index (χ4v) is 4.26. The molecule has 0 aliphatic carbocycles. The molecule has 0 bridgehead atoms. The van der Waals surface area contributed by atoms with Crippen molar-refractivity contribution in [3.05, 3.63) is 51.2 Å². The van der Waals surface area contributed by atoms with Crippen LogP contribution in [0.5, 0.6) is 0 Å². The summed E-state index contributed by atoms with van der Waals surface area (Å²) in [5.74, 6) is -0.952. The molecule has 2 aromatic rings. The van der Waals surface area contributed by atoms with Crippen LogP contribution in [0.3, 0.4) is 0 Å². The highest BCUT2D eigenvalue weighted by molar-refractivity contribution is 7.12. The number of piperazine rings is 1. The van der Waals surface area contributed by atoms with Crippen molar-refractivity contribution >= 4 is 46.2 Å². The van der Waals surface area contributed by atoms with Crippen LogP contribution < -0.4 is 9.80 Å². The normalized spacial score (nSPS) is 17.7. The fourth-order valence-electron chi connectivity index (χ4n) is 3.39. The van der Waals surface area contributed by atoms with Gasteiger partial charge in [-0.25, -0.2) is 0 Å². The number of thiophene rings is 1. The maximum absolute atomic E-state index is 12.4. The third kappa shape index (κ3) is 3.02. The van der Waals surface area contributed by atoms with Crippen LogP contribution >= 0.6 is 22.9 Å². The van der Waals surface area contributed by atoms with Crippen LogP contribution in [0.25, 0.3) is 0 Å². The minimum atomic E-state index is -0.508. The molecule has 0 saturated carbocycles. The number of benzene rings is 1. The first-order chi connectivity index (χ1) is 12.5. The monoisotopic (exact) mass is 390 g/mol. The number of nitrogens with one attached hydrogen (secondary N) is 1. The van der Waals surface area contributed by atoms with E-state index in [1.165, 1.54) is 21.1 Å². The Balaban J connectivity index is 1.41. The first-order valence-electron chi connectivity index (χ1n) is 8.36. The third-order valence-electron chi connectivity index (χ3n) is 4.80. The van der Waals surface area contributed by atoms with Crippen LogP contribution in [0.15, 0.2) is 35.7 Å². The smallest absolute Gasteiger partial charge is 0.303 e. The van der Waals surface area contributed by atoms with E-state index < -0.39 is 11.7 Å². The Labute approximate surface area is 159 Å². The van der Waals surface area contributed by atoms with Gasteiger partial charge in [0.2, 0.25) is 0 Å². The second-order valence-electron chi connectivity index (χ2n) is 6.40. The minimum absolute atomic E-state index is 0.0615. The SMILES string of the molecule is O=C1C(=O)N(C[NH+]2CCN(C(=O)c3cccs3)CC2)c2ccc(Cl)cc21. The molecule has 4 rings (SSSR count). The summed E-state index contributed by atoms with van der Waals surface area (Å²) >= 11 is 7.39. The molecule has 1 aromatic carbocycles. The van der Waals surface area contributed by atoms with Crippen LogP contribution in [0.4, 0.5) is 5.69 Å². The van der Waals surface area contributed by atoms with E-state index in [1.54, 1.807) is 18.2 Å². The van der Waals surface area contributed by atoms with Gasteiger partial charge in [-0.15, -0.1) is 11.3 Å². The number of anilines is 1.